The van der Waals surface area contributed by atoms with Crippen molar-refractivity contribution in [3.05, 3.63) is 24.3 Å². The highest BCUT2D eigenvalue weighted by molar-refractivity contribution is 7.89. The van der Waals surface area contributed by atoms with Gasteiger partial charge in [-0.05, 0) is 12.1 Å². The van der Waals surface area contributed by atoms with E-state index in [1.54, 1.807) is 0 Å². The molecule has 15 heavy (non-hydrogen) atoms. The van der Waals surface area contributed by atoms with Crippen LogP contribution in [0.2, 0.25) is 0 Å². The van der Waals surface area contributed by atoms with Crippen molar-refractivity contribution in [1.82, 2.24) is 0 Å². The maximum absolute atomic E-state index is 11.0. The van der Waals surface area contributed by atoms with E-state index in [4.69, 9.17) is 5.14 Å². The van der Waals surface area contributed by atoms with Gasteiger partial charge in [-0.3, -0.25) is 0 Å². The van der Waals surface area contributed by atoms with Crippen LogP contribution in [0.5, 0.6) is 5.75 Å². The van der Waals surface area contributed by atoms with Gasteiger partial charge in [0.25, 0.3) is 0 Å². The highest BCUT2D eigenvalue weighted by Crippen LogP contribution is 2.22. The molecule has 0 unspecified atom stereocenters. The van der Waals surface area contributed by atoms with Gasteiger partial charge < -0.3 is 4.18 Å². The summed E-state index contributed by atoms with van der Waals surface area (Å²) in [6.07, 6.45) is 0.812. The minimum Gasteiger partial charge on any atom is -0.381 e. The number of hydrogen-bond donors (Lipinski definition) is 1. The van der Waals surface area contributed by atoms with Gasteiger partial charge in [0, 0.05) is 0 Å². The number of rotatable bonds is 3. The van der Waals surface area contributed by atoms with E-state index in [9.17, 15) is 16.8 Å². The second kappa shape index (κ2) is 3.80. The SMILES string of the molecule is CS(=O)(=O)Oc1ccccc1S(N)(=O)=O. The minimum atomic E-state index is -4.00. The van der Waals surface area contributed by atoms with Crippen LogP contribution in [0.1, 0.15) is 0 Å². The molecule has 0 bridgehead atoms. The Hall–Kier alpha value is -1.12. The molecule has 84 valence electrons. The smallest absolute Gasteiger partial charge is 0.306 e. The average Bonchev–Trinajstić information content (AvgIpc) is 1.99. The third kappa shape index (κ3) is 3.50. The fraction of sp³-hybridized carbons (Fsp3) is 0.143. The Morgan fingerprint density at radius 3 is 2.13 bits per heavy atom. The van der Waals surface area contributed by atoms with Crippen molar-refractivity contribution in [3.8, 4) is 5.75 Å². The topological polar surface area (TPSA) is 104 Å². The molecule has 8 heteroatoms. The molecule has 1 aromatic rings. The molecule has 0 aliphatic carbocycles. The predicted molar refractivity (Wildman–Crippen MR) is 53.3 cm³/mol. The molecule has 6 nitrogen and oxygen atoms in total. The molecule has 0 aliphatic rings. The van der Waals surface area contributed by atoms with Crippen LogP contribution in [0.25, 0.3) is 0 Å². The zero-order valence-corrected chi connectivity index (χ0v) is 9.38. The van der Waals surface area contributed by atoms with E-state index in [2.05, 4.69) is 4.18 Å². The maximum atomic E-state index is 11.0. The molecule has 0 radical (unpaired) electrons. The van der Waals surface area contributed by atoms with Crippen LogP contribution in [-0.4, -0.2) is 23.1 Å². The van der Waals surface area contributed by atoms with Crippen LogP contribution in [0.4, 0.5) is 0 Å². The van der Waals surface area contributed by atoms with Crippen molar-refractivity contribution >= 4 is 20.1 Å². The van der Waals surface area contributed by atoms with Crippen molar-refractivity contribution in [3.63, 3.8) is 0 Å². The van der Waals surface area contributed by atoms with Crippen LogP contribution in [0, 0.1) is 0 Å². The Morgan fingerprint density at radius 1 is 1.13 bits per heavy atom. The monoisotopic (exact) mass is 251 g/mol. The summed E-state index contributed by atoms with van der Waals surface area (Å²) in [5.41, 5.74) is 0. The summed E-state index contributed by atoms with van der Waals surface area (Å²) in [5, 5.41) is 4.87. The lowest BCUT2D eigenvalue weighted by Gasteiger charge is -2.06. The molecule has 1 aromatic carbocycles. The zero-order valence-electron chi connectivity index (χ0n) is 7.74. The van der Waals surface area contributed by atoms with Gasteiger partial charge in [-0.2, -0.15) is 8.42 Å². The van der Waals surface area contributed by atoms with Crippen molar-refractivity contribution in [2.45, 2.75) is 4.90 Å². The summed E-state index contributed by atoms with van der Waals surface area (Å²) in [4.78, 5) is -0.365. The molecule has 0 aromatic heterocycles. The van der Waals surface area contributed by atoms with Crippen LogP contribution in [0.15, 0.2) is 29.2 Å². The quantitative estimate of drug-likeness (QED) is 0.741. The minimum absolute atomic E-state index is 0.303. The van der Waals surface area contributed by atoms with Gasteiger partial charge in [0.05, 0.1) is 6.26 Å². The second-order valence-electron chi connectivity index (χ2n) is 2.78. The molecule has 0 heterocycles. The van der Waals surface area contributed by atoms with Crippen LogP contribution in [0.3, 0.4) is 0 Å². The molecule has 0 amide bonds. The first-order valence-corrected chi connectivity index (χ1v) is 7.08. The highest BCUT2D eigenvalue weighted by Gasteiger charge is 2.17. The van der Waals surface area contributed by atoms with Crippen molar-refractivity contribution in [2.24, 2.45) is 5.14 Å². The number of nitrogens with two attached hydrogens (primary N) is 1. The largest absolute Gasteiger partial charge is 0.381 e. The molecule has 0 saturated carbocycles. The van der Waals surface area contributed by atoms with E-state index in [-0.39, 0.29) is 10.6 Å². The lowest BCUT2D eigenvalue weighted by molar-refractivity contribution is 0.485. The van der Waals surface area contributed by atoms with Crippen LogP contribution < -0.4 is 9.32 Å². The summed E-state index contributed by atoms with van der Waals surface area (Å²) < 4.78 is 48.2. The molecule has 0 aliphatic heterocycles. The van der Waals surface area contributed by atoms with E-state index >= 15 is 0 Å². The summed E-state index contributed by atoms with van der Waals surface area (Å²) in [6.45, 7) is 0. The average molecular weight is 251 g/mol. The van der Waals surface area contributed by atoms with Gasteiger partial charge in [-0.1, -0.05) is 12.1 Å². The van der Waals surface area contributed by atoms with Gasteiger partial charge in [-0.15, -0.1) is 0 Å². The molecule has 1 rings (SSSR count). The molecular formula is C7H9NO5S2. The number of benzene rings is 1. The Balaban J connectivity index is 3.32. The molecule has 2 N–H and O–H groups in total. The number of sulfonamides is 1. The first kappa shape index (κ1) is 12.0. The van der Waals surface area contributed by atoms with Crippen molar-refractivity contribution in [2.75, 3.05) is 6.26 Å². The van der Waals surface area contributed by atoms with Gasteiger partial charge in [0.1, 0.15) is 4.90 Å². The van der Waals surface area contributed by atoms with Crippen LogP contribution >= 0.6 is 0 Å². The molecule has 0 fully saturated rings. The summed E-state index contributed by atoms with van der Waals surface area (Å²) in [6, 6.07) is 5.22. The van der Waals surface area contributed by atoms with E-state index in [0.717, 1.165) is 12.3 Å². The van der Waals surface area contributed by atoms with Crippen molar-refractivity contribution in [1.29, 1.82) is 0 Å². The third-order valence-corrected chi connectivity index (χ3v) is 2.83. The number of primary sulfonamides is 1. The molecule has 0 saturated heterocycles. The van der Waals surface area contributed by atoms with E-state index < -0.39 is 20.1 Å². The third-order valence-electron chi connectivity index (χ3n) is 1.40. The zero-order chi connectivity index (χ0) is 11.7. The van der Waals surface area contributed by atoms with Gasteiger partial charge in [0.2, 0.25) is 10.0 Å². The summed E-state index contributed by atoms with van der Waals surface area (Å²) in [7, 11) is -7.78. The van der Waals surface area contributed by atoms with Crippen LogP contribution in [-0.2, 0) is 20.1 Å². The number of para-hydroxylation sites is 1. The van der Waals surface area contributed by atoms with E-state index in [1.165, 1.54) is 18.2 Å². The highest BCUT2D eigenvalue weighted by atomic mass is 32.2. The van der Waals surface area contributed by atoms with Crippen molar-refractivity contribution < 1.29 is 21.0 Å². The first-order chi connectivity index (χ1) is 6.70. The lowest BCUT2D eigenvalue weighted by Crippen LogP contribution is -2.15. The Bertz CT molecular complexity index is 561. The lowest BCUT2D eigenvalue weighted by atomic mass is 10.3. The standard InChI is InChI=1S/C7H9NO5S2/c1-14(9,10)13-6-4-2-3-5-7(6)15(8,11)12/h2-5H,1H3,(H2,8,11,12). The Labute approximate surface area is 87.8 Å². The molecule has 0 atom stereocenters. The first-order valence-electron chi connectivity index (χ1n) is 3.71. The fourth-order valence-electron chi connectivity index (χ4n) is 0.917. The summed E-state index contributed by atoms with van der Waals surface area (Å²) in [5.74, 6) is -0.303. The number of hydrogen-bond acceptors (Lipinski definition) is 5. The molecule has 0 spiro atoms. The van der Waals surface area contributed by atoms with Gasteiger partial charge in [-0.25, -0.2) is 13.6 Å². The van der Waals surface area contributed by atoms with Gasteiger partial charge >= 0.3 is 10.1 Å². The summed E-state index contributed by atoms with van der Waals surface area (Å²) >= 11 is 0. The second-order valence-corrected chi connectivity index (χ2v) is 5.88. The Kier molecular flexibility index (Phi) is 3.03. The maximum Gasteiger partial charge on any atom is 0.306 e. The fourth-order valence-corrected chi connectivity index (χ4v) is 2.10. The Morgan fingerprint density at radius 2 is 1.67 bits per heavy atom. The van der Waals surface area contributed by atoms with Gasteiger partial charge in [0.15, 0.2) is 5.75 Å². The van der Waals surface area contributed by atoms with E-state index in [0.29, 0.717) is 0 Å². The molecular weight excluding hydrogens is 242 g/mol. The predicted octanol–water partition coefficient (Wildman–Crippen LogP) is -0.328. The van der Waals surface area contributed by atoms with E-state index in [1.807, 2.05) is 0 Å². The normalized spacial score (nSPS) is 12.4.